The highest BCUT2D eigenvalue weighted by atomic mass is 16.5. The first-order valence-electron chi connectivity index (χ1n) is 5.91. The number of rotatable bonds is 6. The fourth-order valence-electron chi connectivity index (χ4n) is 1.56. The molecule has 0 aliphatic heterocycles. The summed E-state index contributed by atoms with van der Waals surface area (Å²) < 4.78 is 5.39. The van der Waals surface area contributed by atoms with E-state index in [1.165, 1.54) is 6.33 Å². The number of hydrogen-bond acceptors (Lipinski definition) is 4. The number of benzene rings is 1. The third-order valence-electron chi connectivity index (χ3n) is 2.47. The van der Waals surface area contributed by atoms with Crippen molar-refractivity contribution < 1.29 is 19.4 Å². The van der Waals surface area contributed by atoms with Crippen molar-refractivity contribution in [3.05, 3.63) is 48.0 Å². The van der Waals surface area contributed by atoms with E-state index in [-0.39, 0.29) is 24.5 Å². The van der Waals surface area contributed by atoms with Gasteiger partial charge in [0.25, 0.3) is 5.91 Å². The average molecular weight is 275 g/mol. The Morgan fingerprint density at radius 3 is 2.75 bits per heavy atom. The van der Waals surface area contributed by atoms with E-state index in [1.807, 2.05) is 18.2 Å². The molecular weight excluding hydrogens is 262 g/mol. The molecule has 0 bridgehead atoms. The maximum atomic E-state index is 11.7. The van der Waals surface area contributed by atoms with Gasteiger partial charge in [-0.05, 0) is 12.1 Å². The van der Waals surface area contributed by atoms with Crippen LogP contribution >= 0.6 is 0 Å². The van der Waals surface area contributed by atoms with Gasteiger partial charge in [0.15, 0.2) is 11.4 Å². The van der Waals surface area contributed by atoms with Crippen LogP contribution in [0.1, 0.15) is 21.0 Å². The molecule has 7 nitrogen and oxygen atoms in total. The second kappa shape index (κ2) is 6.37. The van der Waals surface area contributed by atoms with E-state index in [4.69, 9.17) is 9.84 Å². The average Bonchev–Trinajstić information content (AvgIpc) is 2.94. The fourth-order valence-corrected chi connectivity index (χ4v) is 1.56. The first kappa shape index (κ1) is 13.6. The summed E-state index contributed by atoms with van der Waals surface area (Å²) in [5.41, 5.74) is -0.372. The van der Waals surface area contributed by atoms with Crippen LogP contribution in [0.4, 0.5) is 0 Å². The largest absolute Gasteiger partial charge is 0.492 e. The molecule has 2 aromatic rings. The molecule has 0 unspecified atom stereocenters. The number of carbonyl (C=O) groups is 2. The number of carboxylic acids is 1. The molecule has 0 atom stereocenters. The number of aromatic nitrogens is 2. The lowest BCUT2D eigenvalue weighted by Gasteiger charge is -2.06. The van der Waals surface area contributed by atoms with Crippen molar-refractivity contribution >= 4 is 11.9 Å². The third kappa shape index (κ3) is 3.35. The minimum Gasteiger partial charge on any atom is -0.492 e. The molecule has 0 saturated carbocycles. The Kier molecular flexibility index (Phi) is 4.33. The zero-order valence-corrected chi connectivity index (χ0v) is 10.5. The summed E-state index contributed by atoms with van der Waals surface area (Å²) in [6.45, 7) is 0.530. The van der Waals surface area contributed by atoms with Gasteiger partial charge in [-0.15, -0.1) is 0 Å². The van der Waals surface area contributed by atoms with Gasteiger partial charge in [-0.2, -0.15) is 0 Å². The number of hydrogen-bond donors (Lipinski definition) is 3. The number of carbonyl (C=O) groups excluding carboxylic acids is 1. The summed E-state index contributed by atoms with van der Waals surface area (Å²) in [6.07, 6.45) is 1.17. The van der Waals surface area contributed by atoms with E-state index < -0.39 is 11.9 Å². The summed E-state index contributed by atoms with van der Waals surface area (Å²) >= 11 is 0. The summed E-state index contributed by atoms with van der Waals surface area (Å²) in [4.78, 5) is 28.6. The number of aromatic amines is 1. The van der Waals surface area contributed by atoms with Crippen molar-refractivity contribution in [1.29, 1.82) is 0 Å². The SMILES string of the molecule is O=C(NCCOc1ccccc1)c1nc[nH]c1C(=O)O. The Balaban J connectivity index is 1.81. The molecule has 1 aromatic heterocycles. The van der Waals surface area contributed by atoms with E-state index in [9.17, 15) is 9.59 Å². The minimum atomic E-state index is -1.23. The molecule has 20 heavy (non-hydrogen) atoms. The molecule has 1 amide bonds. The van der Waals surface area contributed by atoms with Gasteiger partial charge in [-0.1, -0.05) is 18.2 Å². The third-order valence-corrected chi connectivity index (χ3v) is 2.47. The first-order valence-corrected chi connectivity index (χ1v) is 5.91. The van der Waals surface area contributed by atoms with Gasteiger partial charge in [-0.25, -0.2) is 9.78 Å². The number of carboxylic acid groups (broad SMARTS) is 1. The van der Waals surface area contributed by atoms with Crippen LogP contribution < -0.4 is 10.1 Å². The van der Waals surface area contributed by atoms with Crippen LogP contribution in [0.2, 0.25) is 0 Å². The smallest absolute Gasteiger partial charge is 0.354 e. The van der Waals surface area contributed by atoms with Crippen molar-refractivity contribution in [2.75, 3.05) is 13.2 Å². The van der Waals surface area contributed by atoms with Crippen molar-refractivity contribution in [3.8, 4) is 5.75 Å². The number of amides is 1. The lowest BCUT2D eigenvalue weighted by atomic mass is 10.3. The number of H-pyrrole nitrogens is 1. The van der Waals surface area contributed by atoms with Gasteiger partial charge < -0.3 is 20.1 Å². The zero-order chi connectivity index (χ0) is 14.4. The van der Waals surface area contributed by atoms with E-state index in [1.54, 1.807) is 12.1 Å². The van der Waals surface area contributed by atoms with Gasteiger partial charge in [0.1, 0.15) is 12.4 Å². The molecule has 0 aliphatic rings. The van der Waals surface area contributed by atoms with Crippen LogP contribution in [0.5, 0.6) is 5.75 Å². The number of ether oxygens (including phenoxy) is 1. The number of nitrogens with zero attached hydrogens (tertiary/aromatic N) is 1. The molecule has 1 aromatic carbocycles. The summed E-state index contributed by atoms with van der Waals surface area (Å²) in [7, 11) is 0. The molecule has 0 saturated heterocycles. The standard InChI is InChI=1S/C13H13N3O4/c17-12(10-11(13(18)19)16-8-15-10)14-6-7-20-9-4-2-1-3-5-9/h1-5,8H,6-7H2,(H,14,17)(H,15,16)(H,18,19). The van der Waals surface area contributed by atoms with Crippen molar-refractivity contribution in [2.24, 2.45) is 0 Å². The molecule has 0 fully saturated rings. The van der Waals surface area contributed by atoms with E-state index >= 15 is 0 Å². The number of nitrogens with one attached hydrogen (secondary N) is 2. The molecule has 104 valence electrons. The Morgan fingerprint density at radius 1 is 1.30 bits per heavy atom. The highest BCUT2D eigenvalue weighted by molar-refractivity contribution is 6.02. The van der Waals surface area contributed by atoms with Gasteiger partial charge in [0.05, 0.1) is 12.9 Å². The molecule has 3 N–H and O–H groups in total. The van der Waals surface area contributed by atoms with E-state index in [0.717, 1.165) is 0 Å². The van der Waals surface area contributed by atoms with Gasteiger partial charge in [0.2, 0.25) is 0 Å². The van der Waals surface area contributed by atoms with Crippen LogP contribution in [-0.4, -0.2) is 40.1 Å². The van der Waals surface area contributed by atoms with Crippen molar-refractivity contribution in [1.82, 2.24) is 15.3 Å². The quantitative estimate of drug-likeness (QED) is 0.680. The maximum absolute atomic E-state index is 11.7. The van der Waals surface area contributed by atoms with Crippen molar-refractivity contribution in [3.63, 3.8) is 0 Å². The Labute approximate surface area is 114 Å². The van der Waals surface area contributed by atoms with Crippen LogP contribution in [0.25, 0.3) is 0 Å². The number of aromatic carboxylic acids is 1. The zero-order valence-electron chi connectivity index (χ0n) is 10.5. The summed E-state index contributed by atoms with van der Waals surface area (Å²) in [5.74, 6) is -1.08. The lowest BCUT2D eigenvalue weighted by molar-refractivity contribution is 0.0685. The van der Waals surface area contributed by atoms with Crippen molar-refractivity contribution in [2.45, 2.75) is 0 Å². The Morgan fingerprint density at radius 2 is 2.05 bits per heavy atom. The fraction of sp³-hybridized carbons (Fsp3) is 0.154. The summed E-state index contributed by atoms with van der Waals surface area (Å²) in [6, 6.07) is 9.17. The van der Waals surface area contributed by atoms with E-state index in [0.29, 0.717) is 5.75 Å². The highest BCUT2D eigenvalue weighted by Crippen LogP contribution is 2.07. The lowest BCUT2D eigenvalue weighted by Crippen LogP contribution is -2.29. The topological polar surface area (TPSA) is 104 Å². The Hall–Kier alpha value is -2.83. The van der Waals surface area contributed by atoms with Gasteiger partial charge in [-0.3, -0.25) is 4.79 Å². The van der Waals surface area contributed by atoms with Gasteiger partial charge in [0, 0.05) is 0 Å². The second-order valence-corrected chi connectivity index (χ2v) is 3.85. The second-order valence-electron chi connectivity index (χ2n) is 3.85. The Bertz CT molecular complexity index is 595. The molecule has 0 spiro atoms. The molecule has 7 heteroatoms. The molecule has 1 heterocycles. The van der Waals surface area contributed by atoms with Crippen LogP contribution in [0.3, 0.4) is 0 Å². The summed E-state index contributed by atoms with van der Waals surface area (Å²) in [5, 5.41) is 11.4. The predicted molar refractivity (Wildman–Crippen MR) is 69.8 cm³/mol. The highest BCUT2D eigenvalue weighted by Gasteiger charge is 2.18. The van der Waals surface area contributed by atoms with Gasteiger partial charge >= 0.3 is 5.97 Å². The monoisotopic (exact) mass is 275 g/mol. The minimum absolute atomic E-state index is 0.141. The predicted octanol–water partition coefficient (Wildman–Crippen LogP) is 0.917. The molecule has 0 aliphatic carbocycles. The van der Waals surface area contributed by atoms with E-state index in [2.05, 4.69) is 15.3 Å². The normalized spacial score (nSPS) is 10.0. The van der Waals surface area contributed by atoms with Crippen LogP contribution in [-0.2, 0) is 0 Å². The van der Waals surface area contributed by atoms with Crippen LogP contribution in [0.15, 0.2) is 36.7 Å². The molecule has 0 radical (unpaired) electrons. The van der Waals surface area contributed by atoms with Crippen LogP contribution in [0, 0.1) is 0 Å². The molecular formula is C13H13N3O4. The molecule has 2 rings (SSSR count). The number of imidazole rings is 1. The first-order chi connectivity index (χ1) is 9.68. The number of para-hydroxylation sites is 1. The maximum Gasteiger partial charge on any atom is 0.354 e.